The van der Waals surface area contributed by atoms with Crippen LogP contribution in [0.25, 0.3) is 33.5 Å². The minimum Gasteiger partial charge on any atom is -0.353 e. The van der Waals surface area contributed by atoms with E-state index in [1.54, 1.807) is 28.4 Å². The van der Waals surface area contributed by atoms with E-state index in [2.05, 4.69) is 81.4 Å². The summed E-state index contributed by atoms with van der Waals surface area (Å²) in [6.07, 6.45) is 1.49. The monoisotopic (exact) mass is 628 g/mol. The lowest BCUT2D eigenvalue weighted by Crippen LogP contribution is -2.34. The molecule has 0 radical (unpaired) electrons. The van der Waals surface area contributed by atoms with Crippen LogP contribution in [0.5, 0.6) is 0 Å². The van der Waals surface area contributed by atoms with Crippen LogP contribution in [0.15, 0.2) is 48.5 Å². The summed E-state index contributed by atoms with van der Waals surface area (Å²) in [5.41, 5.74) is 7.17. The van der Waals surface area contributed by atoms with Crippen molar-refractivity contribution in [1.82, 2.24) is 40.4 Å². The first-order chi connectivity index (χ1) is 21.9. The lowest BCUT2D eigenvalue weighted by atomic mass is 9.92. The van der Waals surface area contributed by atoms with Gasteiger partial charge in [0.15, 0.2) is 11.6 Å². The Morgan fingerprint density at radius 3 is 1.85 bits per heavy atom. The Morgan fingerprint density at radius 2 is 1.28 bits per heavy atom. The highest BCUT2D eigenvalue weighted by atomic mass is 16.7. The minimum atomic E-state index is -0.899. The van der Waals surface area contributed by atoms with Gasteiger partial charge in [-0.05, 0) is 41.2 Å². The normalized spacial score (nSPS) is 12.7. The second-order valence-electron chi connectivity index (χ2n) is 13.1. The molecular formula is C34H44N8O4. The SMILES string of the molecule is COC(C)(Cc1nnc(CC(C)(OC)OC)c2c1nc(CC(C)(C)C)n2Cc1ccc(-c2ccccc2-c2nn[nH]n2)cc1)OC. The number of methoxy groups -OCH3 is 4. The lowest BCUT2D eigenvalue weighted by molar-refractivity contribution is -0.193. The van der Waals surface area contributed by atoms with Gasteiger partial charge in [-0.25, -0.2) is 4.98 Å². The van der Waals surface area contributed by atoms with E-state index in [4.69, 9.17) is 29.0 Å². The molecule has 0 fully saturated rings. The van der Waals surface area contributed by atoms with Crippen LogP contribution in [0.1, 0.15) is 57.4 Å². The molecule has 0 spiro atoms. The largest absolute Gasteiger partial charge is 0.353 e. The molecule has 5 aromatic rings. The highest BCUT2D eigenvalue weighted by Gasteiger charge is 2.32. The Bertz CT molecular complexity index is 1750. The van der Waals surface area contributed by atoms with Gasteiger partial charge in [-0.2, -0.15) is 15.4 Å². The maximum absolute atomic E-state index is 5.75. The van der Waals surface area contributed by atoms with Crippen molar-refractivity contribution in [2.24, 2.45) is 5.41 Å². The Morgan fingerprint density at radius 1 is 0.696 bits per heavy atom. The van der Waals surface area contributed by atoms with E-state index in [0.29, 0.717) is 30.9 Å². The molecule has 12 nitrogen and oxygen atoms in total. The molecule has 0 atom stereocenters. The zero-order valence-corrected chi connectivity index (χ0v) is 28.2. The second kappa shape index (κ2) is 13.3. The number of nitrogens with one attached hydrogen (secondary N) is 1. The number of aromatic nitrogens is 8. The van der Waals surface area contributed by atoms with Gasteiger partial charge in [0.1, 0.15) is 11.3 Å². The van der Waals surface area contributed by atoms with Crippen molar-refractivity contribution in [3.8, 4) is 22.5 Å². The first-order valence-electron chi connectivity index (χ1n) is 15.3. The average Bonchev–Trinajstić information content (AvgIpc) is 3.71. The zero-order chi connectivity index (χ0) is 33.1. The van der Waals surface area contributed by atoms with E-state index in [0.717, 1.165) is 51.2 Å². The lowest BCUT2D eigenvalue weighted by Gasteiger charge is -2.27. The molecular weight excluding hydrogens is 584 g/mol. The van der Waals surface area contributed by atoms with E-state index < -0.39 is 11.6 Å². The number of imidazole rings is 1. The van der Waals surface area contributed by atoms with Crippen molar-refractivity contribution in [2.45, 2.75) is 72.0 Å². The molecule has 46 heavy (non-hydrogen) atoms. The molecule has 12 heteroatoms. The third-order valence-electron chi connectivity index (χ3n) is 8.40. The molecule has 3 heterocycles. The van der Waals surface area contributed by atoms with Crippen LogP contribution in [-0.4, -0.2) is 80.4 Å². The van der Waals surface area contributed by atoms with Gasteiger partial charge in [0.25, 0.3) is 0 Å². The summed E-state index contributed by atoms with van der Waals surface area (Å²) in [6, 6.07) is 16.6. The Hall–Kier alpha value is -4.10. The number of benzene rings is 2. The smallest absolute Gasteiger partial charge is 0.205 e. The fourth-order valence-corrected chi connectivity index (χ4v) is 5.47. The van der Waals surface area contributed by atoms with Gasteiger partial charge < -0.3 is 23.5 Å². The molecule has 0 aliphatic heterocycles. The van der Waals surface area contributed by atoms with Gasteiger partial charge in [-0.1, -0.05) is 69.3 Å². The van der Waals surface area contributed by atoms with Crippen LogP contribution in [0, 0.1) is 5.41 Å². The Balaban J connectivity index is 1.63. The number of rotatable bonds is 13. The zero-order valence-electron chi connectivity index (χ0n) is 28.2. The predicted molar refractivity (Wildman–Crippen MR) is 175 cm³/mol. The maximum atomic E-state index is 5.75. The topological polar surface area (TPSA) is 135 Å². The average molecular weight is 629 g/mol. The fraction of sp³-hybridized carbons (Fsp3) is 0.471. The summed E-state index contributed by atoms with van der Waals surface area (Å²) in [7, 11) is 6.51. The fourth-order valence-electron chi connectivity index (χ4n) is 5.47. The summed E-state index contributed by atoms with van der Waals surface area (Å²) >= 11 is 0. The minimum absolute atomic E-state index is 0.0236. The highest BCUT2D eigenvalue weighted by molar-refractivity contribution is 5.82. The van der Waals surface area contributed by atoms with E-state index >= 15 is 0 Å². The number of hydrogen-bond acceptors (Lipinski definition) is 10. The summed E-state index contributed by atoms with van der Waals surface area (Å²) in [6.45, 7) is 11.0. The first kappa shape index (κ1) is 33.3. The molecule has 0 unspecified atom stereocenters. The van der Waals surface area contributed by atoms with E-state index in [1.165, 1.54) is 0 Å². The number of ether oxygens (including phenoxy) is 4. The first-order valence-corrected chi connectivity index (χ1v) is 15.3. The van der Waals surface area contributed by atoms with E-state index in [9.17, 15) is 0 Å². The number of aromatic amines is 1. The summed E-state index contributed by atoms with van der Waals surface area (Å²) in [5.74, 6) is -0.292. The van der Waals surface area contributed by atoms with Crippen molar-refractivity contribution < 1.29 is 18.9 Å². The van der Waals surface area contributed by atoms with Gasteiger partial charge in [0.05, 0.1) is 16.9 Å². The third-order valence-corrected chi connectivity index (χ3v) is 8.40. The molecule has 1 N–H and O–H groups in total. The maximum Gasteiger partial charge on any atom is 0.205 e. The van der Waals surface area contributed by atoms with Gasteiger partial charge in [-0.15, -0.1) is 10.2 Å². The number of H-pyrrole nitrogens is 1. The summed E-state index contributed by atoms with van der Waals surface area (Å²) in [5, 5.41) is 24.1. The summed E-state index contributed by atoms with van der Waals surface area (Å²) < 4.78 is 25.2. The molecule has 5 rings (SSSR count). The predicted octanol–water partition coefficient (Wildman–Crippen LogP) is 5.41. The van der Waals surface area contributed by atoms with Crippen LogP contribution in [0.3, 0.4) is 0 Å². The van der Waals surface area contributed by atoms with Crippen LogP contribution in [0.4, 0.5) is 0 Å². The van der Waals surface area contributed by atoms with Crippen LogP contribution in [-0.2, 0) is 44.8 Å². The highest BCUT2D eigenvalue weighted by Crippen LogP contribution is 2.33. The standard InChI is InChI=1S/C34H44N8O4/c1-32(2,3)20-28-35-29-26(18-33(4,43-6)44-7)36-37-27(19-34(5,45-8)46-9)30(29)42(28)21-22-14-16-23(17-15-22)24-12-10-11-13-25(24)31-38-40-41-39-31/h10-17H,18-21H2,1-9H3,(H,38,39,40,41). The Kier molecular flexibility index (Phi) is 9.64. The van der Waals surface area contributed by atoms with Crippen molar-refractivity contribution in [3.05, 3.63) is 71.3 Å². The molecule has 0 saturated heterocycles. The molecule has 3 aromatic heterocycles. The molecule has 0 saturated carbocycles. The van der Waals surface area contributed by atoms with Gasteiger partial charge >= 0.3 is 0 Å². The second-order valence-corrected chi connectivity index (χ2v) is 13.1. The van der Waals surface area contributed by atoms with Gasteiger partial charge in [0, 0.05) is 59.8 Å². The molecule has 0 aliphatic rings. The molecule has 0 bridgehead atoms. The summed E-state index contributed by atoms with van der Waals surface area (Å²) in [4.78, 5) is 5.24. The van der Waals surface area contributed by atoms with E-state index in [1.807, 2.05) is 32.0 Å². The molecule has 0 amide bonds. The van der Waals surface area contributed by atoms with Gasteiger partial charge in [-0.3, -0.25) is 0 Å². The quantitative estimate of drug-likeness (QED) is 0.169. The third kappa shape index (κ3) is 7.15. The van der Waals surface area contributed by atoms with Crippen molar-refractivity contribution >= 4 is 11.0 Å². The van der Waals surface area contributed by atoms with Crippen LogP contribution >= 0.6 is 0 Å². The van der Waals surface area contributed by atoms with Crippen molar-refractivity contribution in [2.75, 3.05) is 28.4 Å². The van der Waals surface area contributed by atoms with Crippen molar-refractivity contribution in [1.29, 1.82) is 0 Å². The number of hydrogen-bond donors (Lipinski definition) is 1. The van der Waals surface area contributed by atoms with Crippen molar-refractivity contribution in [3.63, 3.8) is 0 Å². The Labute approximate surface area is 269 Å². The van der Waals surface area contributed by atoms with Crippen LogP contribution in [0.2, 0.25) is 0 Å². The van der Waals surface area contributed by atoms with Gasteiger partial charge in [0.2, 0.25) is 5.82 Å². The van der Waals surface area contributed by atoms with Crippen LogP contribution < -0.4 is 0 Å². The molecule has 244 valence electrons. The van der Waals surface area contributed by atoms with E-state index in [-0.39, 0.29) is 5.41 Å². The number of fused-ring (bicyclic) bond motifs is 1. The molecule has 2 aromatic carbocycles. The molecule has 0 aliphatic carbocycles. The number of tetrazole rings is 1. The number of nitrogens with zero attached hydrogens (tertiary/aromatic N) is 7.